The van der Waals surface area contributed by atoms with Crippen molar-refractivity contribution in [2.75, 3.05) is 13.3 Å². The number of aromatic amines is 1. The molecule has 2 rings (SSSR count). The van der Waals surface area contributed by atoms with Gasteiger partial charge >= 0.3 is 5.69 Å². The van der Waals surface area contributed by atoms with Crippen LogP contribution in [0.5, 0.6) is 0 Å². The van der Waals surface area contributed by atoms with Crippen molar-refractivity contribution in [2.24, 2.45) is 0 Å². The lowest BCUT2D eigenvalue weighted by Gasteiger charge is -2.39. The molecule has 0 saturated carbocycles. The molecule has 0 unspecified atom stereocenters. The molecule has 0 amide bonds. The zero-order valence-corrected chi connectivity index (χ0v) is 16.6. The van der Waals surface area contributed by atoms with Crippen LogP contribution in [-0.4, -0.2) is 42.9 Å². The minimum Gasteiger partial charge on any atom is -0.414 e. The molecule has 10 heteroatoms. The third-order valence-electron chi connectivity index (χ3n) is 5.19. The van der Waals surface area contributed by atoms with E-state index >= 15 is 0 Å². The van der Waals surface area contributed by atoms with Crippen LogP contribution in [0, 0.1) is 5.82 Å². The molecule has 1 aliphatic heterocycles. The number of H-pyrrole nitrogens is 1. The molecule has 1 saturated heterocycles. The summed E-state index contributed by atoms with van der Waals surface area (Å²) < 4.78 is 53.8. The number of nitrogens with one attached hydrogen (secondary N) is 1. The second-order valence-corrected chi connectivity index (χ2v) is 13.0. The summed E-state index contributed by atoms with van der Waals surface area (Å²) in [6.45, 7) is 8.80. The Balaban J connectivity index is 2.25. The maximum absolute atomic E-state index is 14.5. The van der Waals surface area contributed by atoms with Crippen molar-refractivity contribution in [1.29, 1.82) is 0 Å². The average molecular weight is 394 g/mol. The SMILES string of the molecule is CC(C)(C)[Si](C)(C)OC[C@]1(CF)C[C@H](F)[C@H](n2cc(F)c(=O)[nH]c2=O)O1. The Morgan fingerprint density at radius 2 is 2.04 bits per heavy atom. The van der Waals surface area contributed by atoms with Crippen molar-refractivity contribution in [1.82, 2.24) is 9.55 Å². The number of ether oxygens (including phenoxy) is 1. The quantitative estimate of drug-likeness (QED) is 0.780. The summed E-state index contributed by atoms with van der Waals surface area (Å²) in [5.41, 5.74) is -3.80. The van der Waals surface area contributed by atoms with Crippen molar-refractivity contribution >= 4 is 8.32 Å². The molecule has 3 atom stereocenters. The number of alkyl halides is 2. The Hall–Kier alpha value is -1.39. The van der Waals surface area contributed by atoms with Crippen LogP contribution in [0.4, 0.5) is 13.2 Å². The number of hydrogen-bond donors (Lipinski definition) is 1. The van der Waals surface area contributed by atoms with E-state index in [0.29, 0.717) is 10.8 Å². The summed E-state index contributed by atoms with van der Waals surface area (Å²) in [7, 11) is -2.23. The molecule has 0 radical (unpaired) electrons. The van der Waals surface area contributed by atoms with Crippen LogP contribution in [0.15, 0.2) is 15.8 Å². The molecular weight excluding hydrogens is 369 g/mol. The van der Waals surface area contributed by atoms with Crippen LogP contribution in [0.1, 0.15) is 33.4 Å². The number of rotatable bonds is 5. The molecule has 2 heterocycles. The first-order valence-electron chi connectivity index (χ1n) is 8.35. The summed E-state index contributed by atoms with van der Waals surface area (Å²) in [6.07, 6.45) is -3.05. The van der Waals surface area contributed by atoms with Crippen molar-refractivity contribution in [2.45, 2.75) is 63.3 Å². The largest absolute Gasteiger partial charge is 0.414 e. The fourth-order valence-corrected chi connectivity index (χ4v) is 3.52. The number of halogens is 3. The van der Waals surface area contributed by atoms with E-state index < -0.39 is 50.1 Å². The lowest BCUT2D eigenvalue weighted by Crippen LogP contribution is -2.47. The summed E-state index contributed by atoms with van der Waals surface area (Å²) in [5, 5.41) is -0.128. The van der Waals surface area contributed by atoms with Gasteiger partial charge in [-0.3, -0.25) is 14.3 Å². The highest BCUT2D eigenvalue weighted by Crippen LogP contribution is 2.42. The van der Waals surface area contributed by atoms with Gasteiger partial charge in [-0.1, -0.05) is 20.8 Å². The first-order valence-corrected chi connectivity index (χ1v) is 11.3. The van der Waals surface area contributed by atoms with Gasteiger partial charge in [-0.05, 0) is 18.1 Å². The second-order valence-electron chi connectivity index (χ2n) is 8.24. The Morgan fingerprint density at radius 1 is 1.42 bits per heavy atom. The van der Waals surface area contributed by atoms with Crippen LogP contribution < -0.4 is 11.2 Å². The lowest BCUT2D eigenvalue weighted by atomic mass is 10.0. The predicted molar refractivity (Wildman–Crippen MR) is 92.8 cm³/mol. The monoisotopic (exact) mass is 394 g/mol. The van der Waals surface area contributed by atoms with E-state index in [-0.39, 0.29) is 18.1 Å². The van der Waals surface area contributed by atoms with Gasteiger partial charge < -0.3 is 9.16 Å². The van der Waals surface area contributed by atoms with Gasteiger partial charge in [-0.2, -0.15) is 4.39 Å². The minimum absolute atomic E-state index is 0.128. The normalized spacial score (nSPS) is 27.1. The van der Waals surface area contributed by atoms with Gasteiger partial charge in [-0.15, -0.1) is 0 Å². The van der Waals surface area contributed by atoms with E-state index in [1.807, 2.05) is 33.9 Å². The summed E-state index contributed by atoms with van der Waals surface area (Å²) in [5.74, 6) is -1.25. The molecule has 1 aliphatic rings. The van der Waals surface area contributed by atoms with E-state index in [1.165, 1.54) is 0 Å². The zero-order valence-electron chi connectivity index (χ0n) is 15.6. The Morgan fingerprint density at radius 3 is 2.58 bits per heavy atom. The molecule has 0 spiro atoms. The smallest absolute Gasteiger partial charge is 0.330 e. The second kappa shape index (κ2) is 6.97. The molecule has 0 aromatic carbocycles. The van der Waals surface area contributed by atoms with Gasteiger partial charge in [0.15, 0.2) is 14.5 Å². The molecule has 1 aromatic rings. The van der Waals surface area contributed by atoms with E-state index in [4.69, 9.17) is 9.16 Å². The van der Waals surface area contributed by atoms with E-state index in [9.17, 15) is 22.8 Å². The van der Waals surface area contributed by atoms with E-state index in [0.717, 1.165) is 0 Å². The average Bonchev–Trinajstić information content (AvgIpc) is 2.85. The van der Waals surface area contributed by atoms with Crippen molar-refractivity contribution in [3.8, 4) is 0 Å². The third-order valence-corrected chi connectivity index (χ3v) is 9.67. The highest BCUT2D eigenvalue weighted by Gasteiger charge is 2.50. The van der Waals surface area contributed by atoms with Crippen LogP contribution in [0.2, 0.25) is 18.1 Å². The zero-order chi connectivity index (χ0) is 19.9. The van der Waals surface area contributed by atoms with Crippen LogP contribution in [0.25, 0.3) is 0 Å². The van der Waals surface area contributed by atoms with Crippen LogP contribution in [0.3, 0.4) is 0 Å². The number of nitrogens with zero attached hydrogens (tertiary/aromatic N) is 1. The fourth-order valence-electron chi connectivity index (χ4n) is 2.46. The van der Waals surface area contributed by atoms with Gasteiger partial charge in [0, 0.05) is 6.42 Å². The standard InChI is InChI=1S/C16H25F3N2O4Si/c1-15(2,3)26(4,5)24-9-16(8-17)6-10(18)13(25-16)21-7-11(19)12(22)20-14(21)23/h7,10,13H,6,8-9H2,1-5H3,(H,20,22,23)/t10-,13+,16+/m0/s1. The van der Waals surface area contributed by atoms with Crippen molar-refractivity contribution in [3.63, 3.8) is 0 Å². The molecule has 1 aromatic heterocycles. The molecule has 26 heavy (non-hydrogen) atoms. The molecule has 1 N–H and O–H groups in total. The summed E-state index contributed by atoms with van der Waals surface area (Å²) >= 11 is 0. The van der Waals surface area contributed by atoms with Gasteiger partial charge in [0.1, 0.15) is 18.4 Å². The molecule has 148 valence electrons. The maximum atomic E-state index is 14.5. The summed E-state index contributed by atoms with van der Waals surface area (Å²) in [4.78, 5) is 24.7. The molecular formula is C16H25F3N2O4Si. The van der Waals surface area contributed by atoms with Gasteiger partial charge in [0.2, 0.25) is 5.82 Å². The van der Waals surface area contributed by atoms with Crippen LogP contribution >= 0.6 is 0 Å². The summed E-state index contributed by atoms with van der Waals surface area (Å²) in [6, 6.07) is 0. The van der Waals surface area contributed by atoms with E-state index in [1.54, 1.807) is 4.98 Å². The third kappa shape index (κ3) is 3.96. The minimum atomic E-state index is -2.23. The highest BCUT2D eigenvalue weighted by molar-refractivity contribution is 6.74. The van der Waals surface area contributed by atoms with Crippen molar-refractivity contribution in [3.05, 3.63) is 32.9 Å². The maximum Gasteiger partial charge on any atom is 0.330 e. The van der Waals surface area contributed by atoms with Crippen LogP contribution in [-0.2, 0) is 9.16 Å². The highest BCUT2D eigenvalue weighted by atomic mass is 28.4. The number of hydrogen-bond acceptors (Lipinski definition) is 4. The van der Waals surface area contributed by atoms with Gasteiger partial charge in [-0.25, -0.2) is 13.6 Å². The predicted octanol–water partition coefficient (Wildman–Crippen LogP) is 2.66. The fraction of sp³-hybridized carbons (Fsp3) is 0.750. The molecule has 0 aliphatic carbocycles. The first-order chi connectivity index (χ1) is 11.8. The number of aromatic nitrogens is 2. The lowest BCUT2D eigenvalue weighted by molar-refractivity contribution is -0.112. The topological polar surface area (TPSA) is 73.3 Å². The first kappa shape index (κ1) is 20.9. The van der Waals surface area contributed by atoms with E-state index in [2.05, 4.69) is 0 Å². The molecule has 0 bridgehead atoms. The molecule has 6 nitrogen and oxygen atoms in total. The molecule has 1 fully saturated rings. The Labute approximate surface area is 150 Å². The van der Waals surface area contributed by atoms with Gasteiger partial charge in [0.25, 0.3) is 5.56 Å². The Bertz CT molecular complexity index is 774. The van der Waals surface area contributed by atoms with Crippen molar-refractivity contribution < 1.29 is 22.3 Å². The van der Waals surface area contributed by atoms with Gasteiger partial charge in [0.05, 0.1) is 12.8 Å². The Kier molecular flexibility index (Phi) is 5.61.